The lowest BCUT2D eigenvalue weighted by Gasteiger charge is -2.26. The molecule has 0 unspecified atom stereocenters. The first kappa shape index (κ1) is 33.4. The van der Waals surface area contributed by atoms with Crippen LogP contribution in [0.3, 0.4) is 0 Å². The third kappa shape index (κ3) is 7.79. The minimum Gasteiger partial charge on any atom is -0.497 e. The monoisotopic (exact) mass is 669 g/mol. The van der Waals surface area contributed by atoms with Crippen LogP contribution in [-0.4, -0.2) is 79.2 Å². The summed E-state index contributed by atoms with van der Waals surface area (Å²) in [5.74, 6) is 0.642. The van der Waals surface area contributed by atoms with Crippen LogP contribution in [0, 0.1) is 12.7 Å². The van der Waals surface area contributed by atoms with Gasteiger partial charge < -0.3 is 29.0 Å². The Labute approximate surface area is 281 Å². The Kier molecular flexibility index (Phi) is 10.3. The summed E-state index contributed by atoms with van der Waals surface area (Å²) in [6.07, 6.45) is 2.42. The van der Waals surface area contributed by atoms with E-state index in [0.29, 0.717) is 51.8 Å². The van der Waals surface area contributed by atoms with E-state index in [9.17, 15) is 9.59 Å². The molecule has 1 fully saturated rings. The number of pyridine rings is 1. The minimum absolute atomic E-state index is 0.00815. The van der Waals surface area contributed by atoms with Crippen LogP contribution < -0.4 is 29.8 Å². The highest BCUT2D eigenvalue weighted by Gasteiger charge is 2.18. The average molecular weight is 670 g/mol. The van der Waals surface area contributed by atoms with Gasteiger partial charge in [-0.15, -0.1) is 0 Å². The predicted molar refractivity (Wildman–Crippen MR) is 181 cm³/mol. The lowest BCUT2D eigenvalue weighted by molar-refractivity contribution is 0.0357. The maximum Gasteiger partial charge on any atom is 0.276 e. The largest absolute Gasteiger partial charge is 0.497 e. The van der Waals surface area contributed by atoms with E-state index < -0.39 is 17.3 Å². The number of nitrogens with zero attached hydrogens (tertiary/aromatic N) is 4. The lowest BCUT2D eigenvalue weighted by atomic mass is 10.1. The Balaban J connectivity index is 1.15. The van der Waals surface area contributed by atoms with E-state index in [1.54, 1.807) is 62.7 Å². The number of fused-ring (bicyclic) bond motifs is 1. The summed E-state index contributed by atoms with van der Waals surface area (Å²) in [4.78, 5) is 32.7. The molecular weight excluding hydrogens is 633 g/mol. The highest BCUT2D eigenvalue weighted by atomic mass is 19.1. The van der Waals surface area contributed by atoms with Gasteiger partial charge in [-0.25, -0.2) is 4.39 Å². The zero-order chi connectivity index (χ0) is 34.3. The molecule has 3 aromatic carbocycles. The molecule has 0 spiro atoms. The Hall–Kier alpha value is -5.53. The molecule has 0 bridgehead atoms. The van der Waals surface area contributed by atoms with E-state index in [1.807, 2.05) is 0 Å². The van der Waals surface area contributed by atoms with Gasteiger partial charge in [-0.3, -0.25) is 19.5 Å². The number of carbonyl (C=O) groups excluding carboxylic acids is 1. The van der Waals surface area contributed by atoms with Crippen molar-refractivity contribution in [3.05, 3.63) is 100 Å². The fraction of sp³-hybridized carbons (Fsp3) is 0.278. The summed E-state index contributed by atoms with van der Waals surface area (Å²) < 4.78 is 44.7. The molecule has 1 amide bonds. The molecule has 1 aliphatic rings. The molecule has 1 aliphatic heterocycles. The summed E-state index contributed by atoms with van der Waals surface area (Å²) in [6.45, 7) is 6.38. The van der Waals surface area contributed by atoms with Crippen molar-refractivity contribution in [2.75, 3.05) is 59.0 Å². The fourth-order valence-corrected chi connectivity index (χ4v) is 5.43. The maximum absolute atomic E-state index is 15.4. The van der Waals surface area contributed by atoms with Gasteiger partial charge in [0.05, 0.1) is 45.2 Å². The van der Waals surface area contributed by atoms with Gasteiger partial charge in [0.1, 0.15) is 11.5 Å². The molecule has 1 saturated heterocycles. The zero-order valence-corrected chi connectivity index (χ0v) is 27.4. The molecular formula is C36H36FN5O7. The molecule has 6 rings (SSSR count). The normalized spacial score (nSPS) is 13.2. The summed E-state index contributed by atoms with van der Waals surface area (Å²) in [6, 6.07) is 17.2. The molecule has 0 saturated carbocycles. The maximum atomic E-state index is 15.4. The molecule has 0 aliphatic carbocycles. The molecule has 49 heavy (non-hydrogen) atoms. The number of methoxy groups -OCH3 is 2. The number of carbonyl (C=O) groups is 1. The van der Waals surface area contributed by atoms with E-state index in [0.717, 1.165) is 50.0 Å². The SMILES string of the molecule is COc1ccc(-n2nc(C(=O)Nc3ccc(Oc4ccnc5cc(OCCCN6CCOCC6)c(OC)cc45)c(F)c3)c(C)cc2=O)cc1. The van der Waals surface area contributed by atoms with Crippen molar-refractivity contribution >= 4 is 22.5 Å². The fourth-order valence-electron chi connectivity index (χ4n) is 5.43. The van der Waals surface area contributed by atoms with Crippen molar-refractivity contribution in [1.29, 1.82) is 0 Å². The second-order valence-corrected chi connectivity index (χ2v) is 11.3. The Bertz CT molecular complexity index is 2010. The number of nitrogens with one attached hydrogen (secondary N) is 1. The number of aryl methyl sites for hydroxylation is 1. The minimum atomic E-state index is -0.706. The average Bonchev–Trinajstić information content (AvgIpc) is 3.11. The van der Waals surface area contributed by atoms with E-state index >= 15 is 4.39 Å². The van der Waals surface area contributed by atoms with Crippen molar-refractivity contribution in [2.24, 2.45) is 0 Å². The predicted octanol–water partition coefficient (Wildman–Crippen LogP) is 5.39. The van der Waals surface area contributed by atoms with Crippen LogP contribution in [0.15, 0.2) is 77.7 Å². The Morgan fingerprint density at radius 2 is 1.73 bits per heavy atom. The second kappa shape index (κ2) is 15.1. The van der Waals surface area contributed by atoms with Crippen LogP contribution in [0.4, 0.5) is 10.1 Å². The standard InChI is InChI=1S/C36H36FN5O7/c1-23-19-34(43)42(25-6-8-26(45-2)9-7-25)40-35(23)36(44)39-24-5-10-31(28(37)20-24)49-30-11-12-38-29-22-33(32(46-3)21-27(29)30)48-16-4-13-41-14-17-47-18-15-41/h5-12,19-22H,4,13-18H2,1-3H3,(H,39,44). The number of hydrogen-bond acceptors (Lipinski definition) is 10. The van der Waals surface area contributed by atoms with Gasteiger partial charge in [0.25, 0.3) is 11.5 Å². The molecule has 13 heteroatoms. The third-order valence-electron chi connectivity index (χ3n) is 8.03. The van der Waals surface area contributed by atoms with Crippen molar-refractivity contribution in [3.63, 3.8) is 0 Å². The number of morpholine rings is 1. The van der Waals surface area contributed by atoms with Crippen LogP contribution in [0.25, 0.3) is 16.6 Å². The zero-order valence-electron chi connectivity index (χ0n) is 27.4. The van der Waals surface area contributed by atoms with E-state index in [1.165, 1.54) is 25.3 Å². The van der Waals surface area contributed by atoms with Crippen molar-refractivity contribution < 1.29 is 32.9 Å². The van der Waals surface area contributed by atoms with Crippen LogP contribution in [-0.2, 0) is 4.74 Å². The topological polar surface area (TPSA) is 126 Å². The summed E-state index contributed by atoms with van der Waals surface area (Å²) in [5, 5.41) is 7.54. The lowest BCUT2D eigenvalue weighted by Crippen LogP contribution is -2.37. The number of rotatable bonds is 12. The van der Waals surface area contributed by atoms with Gasteiger partial charge in [-0.05, 0) is 67.4 Å². The van der Waals surface area contributed by atoms with Gasteiger partial charge in [0, 0.05) is 55.1 Å². The van der Waals surface area contributed by atoms with Crippen LogP contribution in [0.5, 0.6) is 28.7 Å². The van der Waals surface area contributed by atoms with E-state index in [-0.39, 0.29) is 17.1 Å². The van der Waals surface area contributed by atoms with Gasteiger partial charge in [-0.1, -0.05) is 0 Å². The van der Waals surface area contributed by atoms with Crippen molar-refractivity contribution in [1.82, 2.24) is 19.7 Å². The van der Waals surface area contributed by atoms with Crippen LogP contribution >= 0.6 is 0 Å². The van der Waals surface area contributed by atoms with Crippen LogP contribution in [0.2, 0.25) is 0 Å². The summed E-state index contributed by atoms with van der Waals surface area (Å²) >= 11 is 0. The molecule has 2 aromatic heterocycles. The first-order valence-corrected chi connectivity index (χ1v) is 15.8. The second-order valence-electron chi connectivity index (χ2n) is 11.3. The van der Waals surface area contributed by atoms with Crippen LogP contribution in [0.1, 0.15) is 22.5 Å². The van der Waals surface area contributed by atoms with Crippen molar-refractivity contribution in [2.45, 2.75) is 13.3 Å². The molecule has 254 valence electrons. The molecule has 0 atom stereocenters. The molecule has 5 aromatic rings. The molecule has 1 N–H and O–H groups in total. The third-order valence-corrected chi connectivity index (χ3v) is 8.03. The summed E-state index contributed by atoms with van der Waals surface area (Å²) in [5.41, 5.74) is 1.19. The van der Waals surface area contributed by atoms with Gasteiger partial charge in [0.15, 0.2) is 28.8 Å². The first-order chi connectivity index (χ1) is 23.8. The molecule has 12 nitrogen and oxygen atoms in total. The number of anilines is 1. The molecule has 0 radical (unpaired) electrons. The number of aromatic nitrogens is 3. The van der Waals surface area contributed by atoms with Gasteiger partial charge in [-0.2, -0.15) is 9.78 Å². The molecule has 3 heterocycles. The number of ether oxygens (including phenoxy) is 5. The first-order valence-electron chi connectivity index (χ1n) is 15.8. The van der Waals surface area contributed by atoms with E-state index in [2.05, 4.69) is 20.3 Å². The van der Waals surface area contributed by atoms with E-state index in [4.69, 9.17) is 23.7 Å². The number of halogens is 1. The van der Waals surface area contributed by atoms with Gasteiger partial charge >= 0.3 is 0 Å². The number of hydrogen-bond donors (Lipinski definition) is 1. The quantitative estimate of drug-likeness (QED) is 0.173. The smallest absolute Gasteiger partial charge is 0.276 e. The highest BCUT2D eigenvalue weighted by Crippen LogP contribution is 2.38. The Morgan fingerprint density at radius 1 is 0.939 bits per heavy atom. The number of benzene rings is 3. The van der Waals surface area contributed by atoms with Gasteiger partial charge in [0.2, 0.25) is 0 Å². The highest BCUT2D eigenvalue weighted by molar-refractivity contribution is 6.03. The number of amides is 1. The van der Waals surface area contributed by atoms with Crippen molar-refractivity contribution in [3.8, 4) is 34.4 Å². The Morgan fingerprint density at radius 3 is 2.47 bits per heavy atom. The summed E-state index contributed by atoms with van der Waals surface area (Å²) in [7, 11) is 3.09.